The predicted octanol–water partition coefficient (Wildman–Crippen LogP) is 3.70. The molecule has 0 aliphatic carbocycles. The Hall–Kier alpha value is -2.15. The van der Waals surface area contributed by atoms with Gasteiger partial charge in [0.2, 0.25) is 0 Å². The lowest BCUT2D eigenvalue weighted by molar-refractivity contribution is -0.169. The number of piperidine rings is 1. The summed E-state index contributed by atoms with van der Waals surface area (Å²) in [5.74, 6) is 1.39. The molecule has 7 heteroatoms. The highest BCUT2D eigenvalue weighted by Crippen LogP contribution is 2.35. The van der Waals surface area contributed by atoms with Crippen molar-refractivity contribution in [1.82, 2.24) is 15.0 Å². The average molecular weight is 387 g/mol. The molecule has 1 aromatic carbocycles. The molecule has 1 spiro atoms. The smallest absolute Gasteiger partial charge is 0.171 e. The van der Waals surface area contributed by atoms with Crippen molar-refractivity contribution >= 4 is 29.3 Å². The highest BCUT2D eigenvalue weighted by molar-refractivity contribution is 5.90. The molecule has 0 radical (unpaired) electrons. The largest absolute Gasteiger partial charge is 0.354 e. The average Bonchev–Trinajstić information content (AvgIpc) is 3.30. The Morgan fingerprint density at radius 3 is 2.44 bits per heavy atom. The molecule has 2 aromatic heterocycles. The highest BCUT2D eigenvalue weighted by atomic mass is 35.5. The zero-order chi connectivity index (χ0) is 17.6. The van der Waals surface area contributed by atoms with Crippen LogP contribution in [0.15, 0.2) is 36.4 Å². The van der Waals surface area contributed by atoms with Crippen molar-refractivity contribution in [3.63, 3.8) is 0 Å². The van der Waals surface area contributed by atoms with E-state index in [1.807, 2.05) is 25.1 Å². The van der Waals surface area contributed by atoms with Crippen molar-refractivity contribution in [2.45, 2.75) is 25.6 Å². The molecule has 0 bridgehead atoms. The molecule has 0 amide bonds. The summed E-state index contributed by atoms with van der Waals surface area (Å²) in [7, 11) is 0. The summed E-state index contributed by atoms with van der Waals surface area (Å²) in [6.07, 6.45) is 1.73. The fourth-order valence-corrected chi connectivity index (χ4v) is 3.96. The van der Waals surface area contributed by atoms with E-state index in [0.29, 0.717) is 13.2 Å². The minimum absolute atomic E-state index is 0. The molecule has 2 fully saturated rings. The zero-order valence-electron chi connectivity index (χ0n) is 15.3. The van der Waals surface area contributed by atoms with Gasteiger partial charge in [-0.25, -0.2) is 9.97 Å². The Balaban J connectivity index is 0.00000180. The van der Waals surface area contributed by atoms with Gasteiger partial charge in [-0.1, -0.05) is 30.3 Å². The van der Waals surface area contributed by atoms with Crippen molar-refractivity contribution < 1.29 is 9.47 Å². The van der Waals surface area contributed by atoms with Crippen LogP contribution in [-0.2, 0) is 9.47 Å². The van der Waals surface area contributed by atoms with Crippen molar-refractivity contribution in [2.75, 3.05) is 31.2 Å². The van der Waals surface area contributed by atoms with Crippen LogP contribution in [0, 0.1) is 6.92 Å². The Morgan fingerprint density at radius 1 is 1.04 bits per heavy atom. The molecule has 142 valence electrons. The first-order valence-electron chi connectivity index (χ1n) is 9.18. The quantitative estimate of drug-likeness (QED) is 0.727. The van der Waals surface area contributed by atoms with Gasteiger partial charge in [-0.2, -0.15) is 0 Å². The number of aryl methyl sites for hydroxylation is 1. The summed E-state index contributed by atoms with van der Waals surface area (Å²) in [5.41, 5.74) is 4.18. The second kappa shape index (κ2) is 7.11. The van der Waals surface area contributed by atoms with Gasteiger partial charge >= 0.3 is 0 Å². The first kappa shape index (κ1) is 18.2. The predicted molar refractivity (Wildman–Crippen MR) is 107 cm³/mol. The number of ether oxygens (including phenoxy) is 2. The number of hydrogen-bond acceptors (Lipinski definition) is 5. The van der Waals surface area contributed by atoms with Crippen LogP contribution in [0.4, 0.5) is 5.82 Å². The molecule has 2 aliphatic rings. The molecule has 3 aromatic rings. The number of halogens is 1. The van der Waals surface area contributed by atoms with Crippen LogP contribution in [0.25, 0.3) is 22.3 Å². The molecule has 2 saturated heterocycles. The molecule has 4 heterocycles. The molecule has 1 N–H and O–H groups in total. The summed E-state index contributed by atoms with van der Waals surface area (Å²) in [4.78, 5) is 15.2. The van der Waals surface area contributed by atoms with E-state index in [0.717, 1.165) is 59.9 Å². The first-order valence-corrected chi connectivity index (χ1v) is 9.18. The molecule has 5 rings (SSSR count). The number of hydrogen-bond donors (Lipinski definition) is 1. The van der Waals surface area contributed by atoms with Gasteiger partial charge in [0.05, 0.1) is 18.7 Å². The minimum atomic E-state index is -0.372. The van der Waals surface area contributed by atoms with E-state index in [9.17, 15) is 0 Å². The molecule has 6 nitrogen and oxygen atoms in total. The Labute approximate surface area is 164 Å². The summed E-state index contributed by atoms with van der Waals surface area (Å²) in [5, 5.41) is 0. The number of nitrogens with one attached hydrogen (secondary N) is 1. The van der Waals surface area contributed by atoms with E-state index in [1.54, 1.807) is 0 Å². The van der Waals surface area contributed by atoms with E-state index in [4.69, 9.17) is 14.5 Å². The Morgan fingerprint density at radius 2 is 1.74 bits per heavy atom. The van der Waals surface area contributed by atoms with Gasteiger partial charge < -0.3 is 19.4 Å². The number of rotatable bonds is 2. The maximum atomic E-state index is 5.85. The van der Waals surface area contributed by atoms with Gasteiger partial charge in [0, 0.05) is 31.6 Å². The third kappa shape index (κ3) is 3.29. The topological polar surface area (TPSA) is 63.3 Å². The third-order valence-corrected chi connectivity index (χ3v) is 5.29. The number of fused-ring (bicyclic) bond motifs is 1. The molecular formula is C20H23ClN4O2. The van der Waals surface area contributed by atoms with Crippen LogP contribution in [0.1, 0.15) is 18.7 Å². The van der Waals surface area contributed by atoms with E-state index < -0.39 is 0 Å². The van der Waals surface area contributed by atoms with Crippen molar-refractivity contribution in [3.8, 4) is 11.3 Å². The third-order valence-electron chi connectivity index (χ3n) is 5.29. The van der Waals surface area contributed by atoms with Crippen LogP contribution in [-0.4, -0.2) is 47.0 Å². The van der Waals surface area contributed by atoms with Crippen LogP contribution in [0.3, 0.4) is 0 Å². The molecule has 0 saturated carbocycles. The van der Waals surface area contributed by atoms with Crippen LogP contribution >= 0.6 is 12.4 Å². The lowest BCUT2D eigenvalue weighted by Gasteiger charge is -2.38. The van der Waals surface area contributed by atoms with Gasteiger partial charge in [0.1, 0.15) is 11.3 Å². The Bertz CT molecular complexity index is 928. The molecule has 2 aliphatic heterocycles. The lowest BCUT2D eigenvalue weighted by Crippen LogP contribution is -2.45. The molecular weight excluding hydrogens is 364 g/mol. The number of aromatic amines is 1. The second-order valence-electron chi connectivity index (χ2n) is 7.00. The maximum absolute atomic E-state index is 5.85. The summed E-state index contributed by atoms with van der Waals surface area (Å²) < 4.78 is 11.7. The number of H-pyrrole nitrogens is 1. The maximum Gasteiger partial charge on any atom is 0.171 e. The molecule has 0 atom stereocenters. The number of aromatic nitrogens is 3. The molecule has 27 heavy (non-hydrogen) atoms. The number of nitrogens with zero attached hydrogens (tertiary/aromatic N) is 3. The fourth-order valence-electron chi connectivity index (χ4n) is 3.96. The first-order chi connectivity index (χ1) is 12.7. The normalized spacial score (nSPS) is 18.8. The highest BCUT2D eigenvalue weighted by Gasteiger charge is 2.40. The summed E-state index contributed by atoms with van der Waals surface area (Å²) in [6.45, 7) is 5.09. The zero-order valence-corrected chi connectivity index (χ0v) is 16.1. The standard InChI is InChI=1S/C20H22N4O2.ClH/c1-14-21-17-13-16(15-5-3-2-4-6-15)23-18(17)19(22-14)24-9-7-20(8-10-24)25-11-12-26-20;/h2-6,13,23H,7-12H2,1H3;1H. The van der Waals surface area contributed by atoms with Crippen LogP contribution in [0.2, 0.25) is 0 Å². The number of benzene rings is 1. The van der Waals surface area contributed by atoms with E-state index in [1.165, 1.54) is 0 Å². The lowest BCUT2D eigenvalue weighted by atomic mass is 10.0. The monoisotopic (exact) mass is 386 g/mol. The van der Waals surface area contributed by atoms with Gasteiger partial charge in [0.25, 0.3) is 0 Å². The number of anilines is 1. The fraction of sp³-hybridized carbons (Fsp3) is 0.400. The minimum Gasteiger partial charge on any atom is -0.354 e. The van der Waals surface area contributed by atoms with Crippen molar-refractivity contribution in [2.24, 2.45) is 0 Å². The summed E-state index contributed by atoms with van der Waals surface area (Å²) >= 11 is 0. The van der Waals surface area contributed by atoms with Crippen LogP contribution < -0.4 is 4.90 Å². The SMILES string of the molecule is Cc1nc(N2CCC3(CC2)OCCO3)c2[nH]c(-c3ccccc3)cc2n1.Cl. The van der Waals surface area contributed by atoms with E-state index in [2.05, 4.69) is 33.1 Å². The van der Waals surface area contributed by atoms with Gasteiger partial charge in [-0.05, 0) is 18.6 Å². The van der Waals surface area contributed by atoms with Crippen molar-refractivity contribution in [1.29, 1.82) is 0 Å². The van der Waals surface area contributed by atoms with Gasteiger partial charge in [-0.15, -0.1) is 12.4 Å². The second-order valence-corrected chi connectivity index (χ2v) is 7.00. The van der Waals surface area contributed by atoms with Crippen molar-refractivity contribution in [3.05, 3.63) is 42.2 Å². The van der Waals surface area contributed by atoms with Crippen LogP contribution in [0.5, 0.6) is 0 Å². The van der Waals surface area contributed by atoms with E-state index in [-0.39, 0.29) is 18.2 Å². The Kier molecular flexibility index (Phi) is 4.80. The summed E-state index contributed by atoms with van der Waals surface area (Å²) in [6, 6.07) is 12.4. The van der Waals surface area contributed by atoms with Gasteiger partial charge in [-0.3, -0.25) is 0 Å². The van der Waals surface area contributed by atoms with E-state index >= 15 is 0 Å². The van der Waals surface area contributed by atoms with Gasteiger partial charge in [0.15, 0.2) is 11.6 Å². The molecule has 0 unspecified atom stereocenters.